The molecule has 0 saturated heterocycles. The highest BCUT2D eigenvalue weighted by Gasteiger charge is 2.40. The van der Waals surface area contributed by atoms with Gasteiger partial charge in [-0.1, -0.05) is 6.08 Å². The molecule has 0 heterocycles. The lowest BCUT2D eigenvalue weighted by molar-refractivity contribution is -0.138. The van der Waals surface area contributed by atoms with Crippen molar-refractivity contribution in [2.75, 3.05) is 0 Å². The van der Waals surface area contributed by atoms with Crippen LogP contribution in [0.2, 0.25) is 0 Å². The first-order valence-electron chi connectivity index (χ1n) is 2.87. The van der Waals surface area contributed by atoms with Crippen molar-refractivity contribution in [1.82, 2.24) is 0 Å². The zero-order valence-corrected chi connectivity index (χ0v) is 4.95. The summed E-state index contributed by atoms with van der Waals surface area (Å²) in [6, 6.07) is 0. The first kappa shape index (κ1) is 6.13. The van der Waals surface area contributed by atoms with Gasteiger partial charge in [-0.15, -0.1) is 0 Å². The maximum absolute atomic E-state index is 10.2. The van der Waals surface area contributed by atoms with Gasteiger partial charge in [0, 0.05) is 0 Å². The number of hydrogen-bond acceptors (Lipinski definition) is 2. The van der Waals surface area contributed by atoms with Gasteiger partial charge < -0.3 is 10.8 Å². The quantitative estimate of drug-likeness (QED) is 0.556. The number of aliphatic carboxylic acids is 1. The summed E-state index contributed by atoms with van der Waals surface area (Å²) >= 11 is 0. The number of allylic oxidation sites excluding steroid dienone is 1. The van der Waals surface area contributed by atoms with Crippen LogP contribution in [0.1, 0.15) is 6.42 Å². The van der Waals surface area contributed by atoms with E-state index in [4.69, 9.17) is 10.8 Å². The largest absolute Gasteiger partial charge is 0.481 e. The van der Waals surface area contributed by atoms with E-state index in [1.54, 1.807) is 6.08 Å². The molecule has 50 valence electrons. The van der Waals surface area contributed by atoms with Crippen molar-refractivity contribution in [3.63, 3.8) is 0 Å². The molecule has 1 saturated carbocycles. The molecular weight excluding hydrogens is 118 g/mol. The van der Waals surface area contributed by atoms with Gasteiger partial charge in [-0.25, -0.2) is 0 Å². The third-order valence-corrected chi connectivity index (χ3v) is 1.52. The van der Waals surface area contributed by atoms with Gasteiger partial charge in [-0.05, 0) is 18.5 Å². The average molecular weight is 127 g/mol. The van der Waals surface area contributed by atoms with Crippen LogP contribution in [0.5, 0.6) is 0 Å². The molecule has 0 aromatic heterocycles. The lowest BCUT2D eigenvalue weighted by Gasteiger charge is -1.82. The van der Waals surface area contributed by atoms with Crippen molar-refractivity contribution >= 4 is 5.97 Å². The first-order valence-corrected chi connectivity index (χ1v) is 2.87. The summed E-state index contributed by atoms with van der Waals surface area (Å²) in [6.45, 7) is 0. The molecule has 1 aliphatic rings. The fraction of sp³-hybridized carbons (Fsp3) is 0.500. The molecule has 1 fully saturated rings. The molecule has 0 spiro atoms. The highest BCUT2D eigenvalue weighted by atomic mass is 16.4. The van der Waals surface area contributed by atoms with E-state index in [0.717, 1.165) is 6.42 Å². The summed E-state index contributed by atoms with van der Waals surface area (Å²) < 4.78 is 0. The lowest BCUT2D eigenvalue weighted by Crippen LogP contribution is -1.98. The third kappa shape index (κ3) is 1.22. The number of nitrogens with two attached hydrogens (primary N) is 1. The Bertz CT molecular complexity index is 153. The smallest absolute Gasteiger partial charge is 0.307 e. The number of carboxylic acids is 1. The first-order chi connectivity index (χ1) is 4.25. The Hall–Kier alpha value is -0.990. The van der Waals surface area contributed by atoms with Crippen LogP contribution in [0, 0.1) is 11.8 Å². The Labute approximate surface area is 53.2 Å². The Balaban J connectivity index is 2.33. The van der Waals surface area contributed by atoms with Crippen molar-refractivity contribution in [3.8, 4) is 0 Å². The number of rotatable bonds is 2. The van der Waals surface area contributed by atoms with Crippen LogP contribution in [-0.4, -0.2) is 11.1 Å². The topological polar surface area (TPSA) is 63.3 Å². The second-order valence-electron chi connectivity index (χ2n) is 2.23. The molecule has 2 atom stereocenters. The molecule has 1 aliphatic carbocycles. The van der Waals surface area contributed by atoms with E-state index in [-0.39, 0.29) is 11.8 Å². The van der Waals surface area contributed by atoms with E-state index in [1.807, 2.05) is 0 Å². The average Bonchev–Trinajstić information content (AvgIpc) is 2.47. The van der Waals surface area contributed by atoms with Crippen molar-refractivity contribution in [2.24, 2.45) is 17.6 Å². The van der Waals surface area contributed by atoms with Crippen molar-refractivity contribution in [1.29, 1.82) is 0 Å². The molecule has 0 amide bonds. The van der Waals surface area contributed by atoms with Crippen LogP contribution in [0.15, 0.2) is 12.3 Å². The molecule has 0 bridgehead atoms. The van der Waals surface area contributed by atoms with Gasteiger partial charge >= 0.3 is 5.97 Å². The van der Waals surface area contributed by atoms with Gasteiger partial charge in [0.05, 0.1) is 5.92 Å². The molecule has 0 aromatic carbocycles. The van der Waals surface area contributed by atoms with E-state index < -0.39 is 5.97 Å². The molecule has 0 radical (unpaired) electrons. The van der Waals surface area contributed by atoms with Crippen LogP contribution in [0.25, 0.3) is 0 Å². The minimum atomic E-state index is -0.710. The molecular formula is C6H9NO2. The summed E-state index contributed by atoms with van der Waals surface area (Å²) in [5.41, 5.74) is 5.06. The highest BCUT2D eigenvalue weighted by Crippen LogP contribution is 2.39. The minimum Gasteiger partial charge on any atom is -0.481 e. The maximum atomic E-state index is 10.2. The fourth-order valence-corrected chi connectivity index (χ4v) is 0.854. The summed E-state index contributed by atoms with van der Waals surface area (Å²) in [5, 5.41) is 8.38. The van der Waals surface area contributed by atoms with E-state index in [0.29, 0.717) is 0 Å². The van der Waals surface area contributed by atoms with E-state index >= 15 is 0 Å². The van der Waals surface area contributed by atoms with Crippen LogP contribution in [0.4, 0.5) is 0 Å². The van der Waals surface area contributed by atoms with Crippen LogP contribution < -0.4 is 5.73 Å². The second kappa shape index (κ2) is 2.09. The predicted octanol–water partition coefficient (Wildman–Crippen LogP) is 0.179. The number of hydrogen-bond donors (Lipinski definition) is 2. The molecule has 2 unspecified atom stereocenters. The lowest BCUT2D eigenvalue weighted by atomic mass is 10.3. The maximum Gasteiger partial charge on any atom is 0.307 e. The standard InChI is InChI=1S/C6H9NO2/c7-2-1-4-3-5(4)6(8)9/h1-2,4-5H,3,7H2,(H,8,9). The summed E-state index contributed by atoms with van der Waals surface area (Å²) in [7, 11) is 0. The van der Waals surface area contributed by atoms with Crippen LogP contribution in [0.3, 0.4) is 0 Å². The van der Waals surface area contributed by atoms with Gasteiger partial charge in [0.25, 0.3) is 0 Å². The van der Waals surface area contributed by atoms with E-state index in [1.165, 1.54) is 6.20 Å². The number of carboxylic acid groups (broad SMARTS) is 1. The third-order valence-electron chi connectivity index (χ3n) is 1.52. The zero-order chi connectivity index (χ0) is 6.85. The van der Waals surface area contributed by atoms with Crippen LogP contribution >= 0.6 is 0 Å². The van der Waals surface area contributed by atoms with Gasteiger partial charge in [0.1, 0.15) is 0 Å². The van der Waals surface area contributed by atoms with Crippen molar-refractivity contribution in [3.05, 3.63) is 12.3 Å². The van der Waals surface area contributed by atoms with Crippen molar-refractivity contribution < 1.29 is 9.90 Å². The van der Waals surface area contributed by atoms with Gasteiger partial charge in [0.15, 0.2) is 0 Å². The molecule has 1 rings (SSSR count). The van der Waals surface area contributed by atoms with Gasteiger partial charge in [0.2, 0.25) is 0 Å². The van der Waals surface area contributed by atoms with E-state index in [2.05, 4.69) is 0 Å². The molecule has 9 heavy (non-hydrogen) atoms. The summed E-state index contributed by atoms with van der Waals surface area (Å²) in [6.07, 6.45) is 3.90. The highest BCUT2D eigenvalue weighted by molar-refractivity contribution is 5.73. The van der Waals surface area contributed by atoms with E-state index in [9.17, 15) is 4.79 Å². The number of carbonyl (C=O) groups is 1. The van der Waals surface area contributed by atoms with Crippen molar-refractivity contribution in [2.45, 2.75) is 6.42 Å². The molecule has 3 N–H and O–H groups in total. The van der Waals surface area contributed by atoms with Gasteiger partial charge in [-0.3, -0.25) is 4.79 Å². The Morgan fingerprint density at radius 2 is 2.44 bits per heavy atom. The molecule has 3 heteroatoms. The molecule has 0 aromatic rings. The zero-order valence-electron chi connectivity index (χ0n) is 4.95. The summed E-state index contributed by atoms with van der Waals surface area (Å²) in [5.74, 6) is -0.671. The fourth-order valence-electron chi connectivity index (χ4n) is 0.854. The van der Waals surface area contributed by atoms with Crippen LogP contribution in [-0.2, 0) is 4.79 Å². The summed E-state index contributed by atoms with van der Waals surface area (Å²) in [4.78, 5) is 10.2. The van der Waals surface area contributed by atoms with Gasteiger partial charge in [-0.2, -0.15) is 0 Å². The predicted molar refractivity (Wildman–Crippen MR) is 32.6 cm³/mol. The Morgan fingerprint density at radius 3 is 2.78 bits per heavy atom. The SMILES string of the molecule is NC=CC1CC1C(=O)O. The molecule has 3 nitrogen and oxygen atoms in total. The second-order valence-corrected chi connectivity index (χ2v) is 2.23. The normalized spacial score (nSPS) is 32.9. The molecule has 0 aliphatic heterocycles. The minimum absolute atomic E-state index is 0.162. The Kier molecular flexibility index (Phi) is 1.42. The monoisotopic (exact) mass is 127 g/mol. The Morgan fingerprint density at radius 1 is 1.78 bits per heavy atom.